The minimum atomic E-state index is 0.109. The molecule has 0 saturated heterocycles. The van der Waals surface area contributed by atoms with E-state index in [1.165, 1.54) is 11.1 Å². The Kier molecular flexibility index (Phi) is 5.28. The van der Waals surface area contributed by atoms with Crippen molar-refractivity contribution in [3.8, 4) is 0 Å². The Morgan fingerprint density at radius 2 is 2.00 bits per heavy atom. The van der Waals surface area contributed by atoms with E-state index in [0.717, 1.165) is 18.5 Å². The summed E-state index contributed by atoms with van der Waals surface area (Å²) in [6.45, 7) is 5.23. The highest BCUT2D eigenvalue weighted by atomic mass is 35.5. The molecule has 1 N–H and O–H groups in total. The Morgan fingerprint density at radius 3 is 2.63 bits per heavy atom. The third-order valence-corrected chi connectivity index (χ3v) is 4.81. The number of hydrogen-bond acceptors (Lipinski definition) is 2. The van der Waals surface area contributed by atoms with Crippen LogP contribution in [-0.2, 0) is 0 Å². The van der Waals surface area contributed by atoms with Crippen LogP contribution in [-0.4, -0.2) is 6.54 Å². The summed E-state index contributed by atoms with van der Waals surface area (Å²) >= 11 is 14.2. The molecule has 2 aromatic rings. The maximum Gasteiger partial charge on any atom is 0.0643 e. The van der Waals surface area contributed by atoms with Crippen molar-refractivity contribution in [3.63, 3.8) is 0 Å². The van der Waals surface area contributed by atoms with Crippen molar-refractivity contribution < 1.29 is 0 Å². The number of benzene rings is 1. The van der Waals surface area contributed by atoms with Crippen molar-refractivity contribution in [2.45, 2.75) is 26.3 Å². The van der Waals surface area contributed by atoms with E-state index in [-0.39, 0.29) is 6.04 Å². The predicted molar refractivity (Wildman–Crippen MR) is 85.7 cm³/mol. The van der Waals surface area contributed by atoms with E-state index in [4.69, 9.17) is 23.2 Å². The molecule has 2 rings (SSSR count). The molecule has 102 valence electrons. The molecule has 1 unspecified atom stereocenters. The SMILES string of the molecule is CCCNC(c1cscc1C)c1cccc(Cl)c1Cl. The molecular weight excluding hydrogens is 297 g/mol. The van der Waals surface area contributed by atoms with Gasteiger partial charge in [-0.2, -0.15) is 11.3 Å². The van der Waals surface area contributed by atoms with Crippen molar-refractivity contribution in [2.75, 3.05) is 6.54 Å². The normalized spacial score (nSPS) is 12.6. The van der Waals surface area contributed by atoms with E-state index < -0.39 is 0 Å². The summed E-state index contributed by atoms with van der Waals surface area (Å²) in [5.41, 5.74) is 3.61. The fraction of sp³-hybridized carbons (Fsp3) is 0.333. The quantitative estimate of drug-likeness (QED) is 0.773. The molecule has 4 heteroatoms. The summed E-state index contributed by atoms with van der Waals surface area (Å²) in [5, 5.41) is 9.15. The first-order chi connectivity index (χ1) is 9.15. The Balaban J connectivity index is 2.43. The van der Waals surface area contributed by atoms with Crippen LogP contribution in [0.3, 0.4) is 0 Å². The zero-order chi connectivity index (χ0) is 13.8. The van der Waals surface area contributed by atoms with Gasteiger partial charge in [-0.3, -0.25) is 0 Å². The van der Waals surface area contributed by atoms with Gasteiger partial charge in [0.1, 0.15) is 0 Å². The molecule has 0 amide bonds. The van der Waals surface area contributed by atoms with Crippen LogP contribution in [0.2, 0.25) is 10.0 Å². The molecule has 1 nitrogen and oxygen atoms in total. The van der Waals surface area contributed by atoms with Crippen molar-refractivity contribution in [3.05, 3.63) is 55.7 Å². The van der Waals surface area contributed by atoms with Gasteiger partial charge in [0, 0.05) is 0 Å². The van der Waals surface area contributed by atoms with Crippen LogP contribution in [0, 0.1) is 6.92 Å². The number of aryl methyl sites for hydroxylation is 1. The first kappa shape index (κ1) is 14.9. The third-order valence-electron chi connectivity index (χ3n) is 3.10. The zero-order valence-electron chi connectivity index (χ0n) is 11.0. The summed E-state index contributed by atoms with van der Waals surface area (Å²) in [6.07, 6.45) is 1.08. The largest absolute Gasteiger partial charge is 0.306 e. The lowest BCUT2D eigenvalue weighted by Crippen LogP contribution is -2.23. The highest BCUT2D eigenvalue weighted by Crippen LogP contribution is 2.35. The second kappa shape index (κ2) is 6.76. The van der Waals surface area contributed by atoms with Gasteiger partial charge in [-0.25, -0.2) is 0 Å². The standard InChI is InChI=1S/C15H17Cl2NS/c1-3-7-18-15(12-9-19-8-10(12)2)11-5-4-6-13(16)14(11)17/h4-6,8-9,15,18H,3,7H2,1-2H3. The third kappa shape index (κ3) is 3.32. The predicted octanol–water partition coefficient (Wildman–Crippen LogP) is 5.45. The number of nitrogens with one attached hydrogen (secondary N) is 1. The van der Waals surface area contributed by atoms with Crippen LogP contribution in [0.15, 0.2) is 29.0 Å². The van der Waals surface area contributed by atoms with Crippen molar-refractivity contribution >= 4 is 34.5 Å². The molecule has 1 heterocycles. The molecule has 1 aromatic heterocycles. The number of rotatable bonds is 5. The lowest BCUT2D eigenvalue weighted by molar-refractivity contribution is 0.598. The molecule has 0 spiro atoms. The van der Waals surface area contributed by atoms with E-state index in [1.54, 1.807) is 11.3 Å². The van der Waals surface area contributed by atoms with Gasteiger partial charge in [-0.05, 0) is 53.4 Å². The second-order valence-corrected chi connectivity index (χ2v) is 6.07. The summed E-state index contributed by atoms with van der Waals surface area (Å²) < 4.78 is 0. The van der Waals surface area contributed by atoms with Crippen LogP contribution in [0.1, 0.15) is 36.1 Å². The van der Waals surface area contributed by atoms with Gasteiger partial charge in [-0.1, -0.05) is 42.3 Å². The van der Waals surface area contributed by atoms with E-state index in [2.05, 4.69) is 29.9 Å². The molecule has 1 aromatic carbocycles. The van der Waals surface area contributed by atoms with Crippen LogP contribution in [0.25, 0.3) is 0 Å². The summed E-state index contributed by atoms with van der Waals surface area (Å²) in [5.74, 6) is 0. The smallest absolute Gasteiger partial charge is 0.0643 e. The Hall–Kier alpha value is -0.540. The molecular formula is C15H17Cl2NS. The van der Waals surface area contributed by atoms with Crippen LogP contribution < -0.4 is 5.32 Å². The van der Waals surface area contributed by atoms with Crippen LogP contribution in [0.5, 0.6) is 0 Å². The first-order valence-corrected chi connectivity index (χ1v) is 8.05. The maximum absolute atomic E-state index is 6.37. The van der Waals surface area contributed by atoms with E-state index >= 15 is 0 Å². The lowest BCUT2D eigenvalue weighted by atomic mass is 9.98. The molecule has 19 heavy (non-hydrogen) atoms. The Morgan fingerprint density at radius 1 is 1.21 bits per heavy atom. The maximum atomic E-state index is 6.37. The van der Waals surface area contributed by atoms with Gasteiger partial charge < -0.3 is 5.32 Å². The van der Waals surface area contributed by atoms with E-state index in [1.807, 2.05) is 18.2 Å². The van der Waals surface area contributed by atoms with Gasteiger partial charge >= 0.3 is 0 Å². The van der Waals surface area contributed by atoms with Crippen LogP contribution in [0.4, 0.5) is 0 Å². The molecule has 0 saturated carbocycles. The molecule has 0 aliphatic carbocycles. The van der Waals surface area contributed by atoms with E-state index in [0.29, 0.717) is 10.0 Å². The first-order valence-electron chi connectivity index (χ1n) is 6.35. The Bertz CT molecular complexity index is 551. The van der Waals surface area contributed by atoms with Crippen molar-refractivity contribution in [1.82, 2.24) is 5.32 Å². The van der Waals surface area contributed by atoms with Gasteiger partial charge in [0.15, 0.2) is 0 Å². The summed E-state index contributed by atoms with van der Waals surface area (Å²) in [7, 11) is 0. The number of thiophene rings is 1. The minimum Gasteiger partial charge on any atom is -0.306 e. The van der Waals surface area contributed by atoms with E-state index in [9.17, 15) is 0 Å². The molecule has 0 aliphatic heterocycles. The van der Waals surface area contributed by atoms with Gasteiger partial charge in [0.05, 0.1) is 16.1 Å². The fourth-order valence-corrected chi connectivity index (χ4v) is 3.38. The minimum absolute atomic E-state index is 0.109. The van der Waals surface area contributed by atoms with Gasteiger partial charge in [0.2, 0.25) is 0 Å². The van der Waals surface area contributed by atoms with Crippen molar-refractivity contribution in [1.29, 1.82) is 0 Å². The molecule has 0 radical (unpaired) electrons. The van der Waals surface area contributed by atoms with Crippen molar-refractivity contribution in [2.24, 2.45) is 0 Å². The summed E-state index contributed by atoms with van der Waals surface area (Å²) in [4.78, 5) is 0. The monoisotopic (exact) mass is 313 g/mol. The highest BCUT2D eigenvalue weighted by Gasteiger charge is 2.19. The average Bonchev–Trinajstić information content (AvgIpc) is 2.81. The molecule has 0 bridgehead atoms. The Labute approximate surface area is 128 Å². The second-order valence-electron chi connectivity index (χ2n) is 4.54. The molecule has 1 atom stereocenters. The van der Waals surface area contributed by atoms with Gasteiger partial charge in [-0.15, -0.1) is 0 Å². The topological polar surface area (TPSA) is 12.0 Å². The molecule has 0 fully saturated rings. The van der Waals surface area contributed by atoms with Gasteiger partial charge in [0.25, 0.3) is 0 Å². The fourth-order valence-electron chi connectivity index (χ4n) is 2.09. The highest BCUT2D eigenvalue weighted by molar-refractivity contribution is 7.08. The summed E-state index contributed by atoms with van der Waals surface area (Å²) in [6, 6.07) is 5.92. The lowest BCUT2D eigenvalue weighted by Gasteiger charge is -2.21. The zero-order valence-corrected chi connectivity index (χ0v) is 13.4. The number of hydrogen-bond donors (Lipinski definition) is 1. The average molecular weight is 314 g/mol. The number of halogens is 2. The van der Waals surface area contributed by atoms with Crippen LogP contribution >= 0.6 is 34.5 Å². The molecule has 0 aliphatic rings.